The maximum absolute atomic E-state index is 11.0. The Morgan fingerprint density at radius 1 is 1.29 bits per heavy atom. The normalized spacial score (nSPS) is 10.2. The molecular weight excluding hydrogens is 292 g/mol. The van der Waals surface area contributed by atoms with Gasteiger partial charge in [0.25, 0.3) is 0 Å². The van der Waals surface area contributed by atoms with Crippen molar-refractivity contribution in [2.24, 2.45) is 0 Å². The van der Waals surface area contributed by atoms with Gasteiger partial charge in [0.05, 0.1) is 17.7 Å². The van der Waals surface area contributed by atoms with Gasteiger partial charge in [0.15, 0.2) is 11.5 Å². The number of hydrogen-bond donors (Lipinski definition) is 1. The lowest BCUT2D eigenvalue weighted by molar-refractivity contribution is 0.0696. The van der Waals surface area contributed by atoms with Crippen LogP contribution in [0.1, 0.15) is 21.5 Å². The smallest absolute Gasteiger partial charge is 0.335 e. The molecule has 2 aromatic carbocycles. The van der Waals surface area contributed by atoms with Crippen LogP contribution >= 0.6 is 11.6 Å². The molecule has 0 heterocycles. The minimum atomic E-state index is -1.07. The number of methoxy groups -OCH3 is 1. The number of aromatic carboxylic acids is 1. The average molecular weight is 307 g/mol. The molecule has 0 bridgehead atoms. The molecule has 5 heteroatoms. The predicted octanol–water partition coefficient (Wildman–Crippen LogP) is 3.93. The first kappa shape index (κ1) is 15.2. The van der Waals surface area contributed by atoms with Crippen LogP contribution in [0.2, 0.25) is 5.02 Å². The van der Waals surface area contributed by atoms with Crippen LogP contribution < -0.4 is 9.47 Å². The van der Waals surface area contributed by atoms with Gasteiger partial charge in [0.2, 0.25) is 0 Å². The van der Waals surface area contributed by atoms with Gasteiger partial charge in [0.1, 0.15) is 6.61 Å². The molecule has 0 aliphatic heterocycles. The van der Waals surface area contributed by atoms with Gasteiger partial charge in [-0.1, -0.05) is 35.9 Å². The van der Waals surface area contributed by atoms with Crippen LogP contribution in [0, 0.1) is 6.92 Å². The summed E-state index contributed by atoms with van der Waals surface area (Å²) in [4.78, 5) is 11.0. The molecule has 0 saturated heterocycles. The largest absolute Gasteiger partial charge is 0.493 e. The standard InChI is InChI=1S/C16H15ClO4/c1-10-5-3-4-6-11(10)9-21-15-13(17)7-12(16(18)19)8-14(15)20-2/h3-8H,9H2,1-2H3,(H,18,19). The Bertz CT molecular complexity index is 667. The Hall–Kier alpha value is -2.20. The third-order valence-corrected chi connectivity index (χ3v) is 3.39. The van der Waals surface area contributed by atoms with Gasteiger partial charge in [-0.05, 0) is 30.2 Å². The summed E-state index contributed by atoms with van der Waals surface area (Å²) < 4.78 is 10.9. The summed E-state index contributed by atoms with van der Waals surface area (Å²) in [6.07, 6.45) is 0. The predicted molar refractivity (Wildman–Crippen MR) is 80.5 cm³/mol. The lowest BCUT2D eigenvalue weighted by Crippen LogP contribution is -2.03. The molecule has 1 N–H and O–H groups in total. The molecule has 0 fully saturated rings. The molecular formula is C16H15ClO4. The van der Waals surface area contributed by atoms with Crippen LogP contribution in [0.15, 0.2) is 36.4 Å². The van der Waals surface area contributed by atoms with Crippen molar-refractivity contribution in [2.45, 2.75) is 13.5 Å². The van der Waals surface area contributed by atoms with Gasteiger partial charge in [-0.2, -0.15) is 0 Å². The van der Waals surface area contributed by atoms with Crippen molar-refractivity contribution in [1.29, 1.82) is 0 Å². The molecule has 0 atom stereocenters. The van der Waals surface area contributed by atoms with E-state index in [0.717, 1.165) is 11.1 Å². The fraction of sp³-hybridized carbons (Fsp3) is 0.188. The van der Waals surface area contributed by atoms with Crippen molar-refractivity contribution >= 4 is 17.6 Å². The second kappa shape index (κ2) is 6.50. The van der Waals surface area contributed by atoms with Gasteiger partial charge in [-0.3, -0.25) is 0 Å². The molecule has 0 unspecified atom stereocenters. The van der Waals surface area contributed by atoms with Crippen LogP contribution in [0.3, 0.4) is 0 Å². The lowest BCUT2D eigenvalue weighted by atomic mass is 10.1. The van der Waals surface area contributed by atoms with Crippen LogP contribution in [0.4, 0.5) is 0 Å². The highest BCUT2D eigenvalue weighted by Gasteiger charge is 2.15. The molecule has 0 saturated carbocycles. The molecule has 0 amide bonds. The second-order valence-corrected chi connectivity index (χ2v) is 4.92. The van der Waals surface area contributed by atoms with Gasteiger partial charge < -0.3 is 14.6 Å². The molecule has 0 aromatic heterocycles. The first-order valence-electron chi connectivity index (χ1n) is 6.31. The van der Waals surface area contributed by atoms with Crippen LogP contribution in [0.5, 0.6) is 11.5 Å². The number of carboxylic acids is 1. The van der Waals surface area contributed by atoms with Crippen molar-refractivity contribution < 1.29 is 19.4 Å². The molecule has 0 aliphatic carbocycles. The minimum absolute atomic E-state index is 0.0556. The van der Waals surface area contributed by atoms with Crippen LogP contribution in [-0.4, -0.2) is 18.2 Å². The molecule has 4 nitrogen and oxygen atoms in total. The number of carboxylic acid groups (broad SMARTS) is 1. The minimum Gasteiger partial charge on any atom is -0.493 e. The quantitative estimate of drug-likeness (QED) is 0.909. The molecule has 2 aromatic rings. The van der Waals surface area contributed by atoms with E-state index in [1.807, 2.05) is 31.2 Å². The number of ether oxygens (including phenoxy) is 2. The van der Waals surface area contributed by atoms with Crippen molar-refractivity contribution in [2.75, 3.05) is 7.11 Å². The first-order chi connectivity index (χ1) is 10.0. The Labute approximate surface area is 127 Å². The number of hydrogen-bond acceptors (Lipinski definition) is 3. The summed E-state index contributed by atoms with van der Waals surface area (Å²) in [7, 11) is 1.44. The van der Waals surface area contributed by atoms with E-state index in [1.54, 1.807) is 0 Å². The third kappa shape index (κ3) is 3.47. The zero-order valence-corrected chi connectivity index (χ0v) is 12.5. The fourth-order valence-corrected chi connectivity index (χ4v) is 2.17. The second-order valence-electron chi connectivity index (χ2n) is 4.51. The Balaban J connectivity index is 2.28. The van der Waals surface area contributed by atoms with E-state index < -0.39 is 5.97 Å². The molecule has 0 spiro atoms. The Kier molecular flexibility index (Phi) is 4.70. The van der Waals surface area contributed by atoms with E-state index in [2.05, 4.69) is 0 Å². The molecule has 0 radical (unpaired) electrons. The summed E-state index contributed by atoms with van der Waals surface area (Å²) in [6.45, 7) is 2.32. The summed E-state index contributed by atoms with van der Waals surface area (Å²) in [5, 5.41) is 9.22. The zero-order valence-electron chi connectivity index (χ0n) is 11.7. The zero-order chi connectivity index (χ0) is 15.4. The highest BCUT2D eigenvalue weighted by Crippen LogP contribution is 2.37. The number of rotatable bonds is 5. The Morgan fingerprint density at radius 3 is 2.62 bits per heavy atom. The summed E-state index contributed by atoms with van der Waals surface area (Å²) in [5.74, 6) is -0.429. The Morgan fingerprint density at radius 2 is 2.00 bits per heavy atom. The first-order valence-corrected chi connectivity index (χ1v) is 6.69. The highest BCUT2D eigenvalue weighted by molar-refractivity contribution is 6.32. The van der Waals surface area contributed by atoms with E-state index >= 15 is 0 Å². The lowest BCUT2D eigenvalue weighted by Gasteiger charge is -2.14. The van der Waals surface area contributed by atoms with Gasteiger partial charge in [0, 0.05) is 0 Å². The molecule has 21 heavy (non-hydrogen) atoms. The monoisotopic (exact) mass is 306 g/mol. The van der Waals surface area contributed by atoms with Crippen molar-refractivity contribution in [3.05, 3.63) is 58.1 Å². The van der Waals surface area contributed by atoms with Crippen molar-refractivity contribution in [1.82, 2.24) is 0 Å². The number of carbonyl (C=O) groups is 1. The summed E-state index contributed by atoms with van der Waals surface area (Å²) >= 11 is 6.10. The average Bonchev–Trinajstić information content (AvgIpc) is 2.46. The van der Waals surface area contributed by atoms with Crippen LogP contribution in [0.25, 0.3) is 0 Å². The molecule has 110 valence electrons. The van der Waals surface area contributed by atoms with Crippen LogP contribution in [-0.2, 0) is 6.61 Å². The SMILES string of the molecule is COc1cc(C(=O)O)cc(Cl)c1OCc1ccccc1C. The maximum Gasteiger partial charge on any atom is 0.335 e. The number of halogens is 1. The van der Waals surface area contributed by atoms with Gasteiger partial charge >= 0.3 is 5.97 Å². The van der Waals surface area contributed by atoms with Crippen molar-refractivity contribution in [3.63, 3.8) is 0 Å². The van der Waals surface area contributed by atoms with E-state index in [1.165, 1.54) is 19.2 Å². The van der Waals surface area contributed by atoms with E-state index in [-0.39, 0.29) is 10.6 Å². The summed E-state index contributed by atoms with van der Waals surface area (Å²) in [5.41, 5.74) is 2.19. The topological polar surface area (TPSA) is 55.8 Å². The van der Waals surface area contributed by atoms with Gasteiger partial charge in [-0.25, -0.2) is 4.79 Å². The maximum atomic E-state index is 11.0. The molecule has 0 aliphatic rings. The number of benzene rings is 2. The third-order valence-electron chi connectivity index (χ3n) is 3.11. The highest BCUT2D eigenvalue weighted by atomic mass is 35.5. The van der Waals surface area contributed by atoms with Crippen molar-refractivity contribution in [3.8, 4) is 11.5 Å². The van der Waals surface area contributed by atoms with E-state index in [4.69, 9.17) is 26.2 Å². The van der Waals surface area contributed by atoms with E-state index in [0.29, 0.717) is 18.1 Å². The van der Waals surface area contributed by atoms with Gasteiger partial charge in [-0.15, -0.1) is 0 Å². The molecule has 2 rings (SSSR count). The summed E-state index contributed by atoms with van der Waals surface area (Å²) in [6, 6.07) is 10.6. The number of aryl methyl sites for hydroxylation is 1. The van der Waals surface area contributed by atoms with E-state index in [9.17, 15) is 4.79 Å². The fourth-order valence-electron chi connectivity index (χ4n) is 1.91.